The third-order valence-corrected chi connectivity index (χ3v) is 7.58. The Labute approximate surface area is 232 Å². The van der Waals surface area contributed by atoms with Crippen molar-refractivity contribution in [2.24, 2.45) is 23.3 Å². The average Bonchev–Trinajstić information content (AvgIpc) is 3.53. The lowest BCUT2D eigenvalue weighted by Crippen LogP contribution is -2.50. The van der Waals surface area contributed by atoms with E-state index >= 15 is 0 Å². The van der Waals surface area contributed by atoms with E-state index in [1.54, 1.807) is 30.5 Å². The summed E-state index contributed by atoms with van der Waals surface area (Å²) in [7, 11) is 0. The van der Waals surface area contributed by atoms with Crippen molar-refractivity contribution in [1.82, 2.24) is 25.6 Å². The van der Waals surface area contributed by atoms with Crippen LogP contribution in [-0.4, -0.2) is 50.0 Å². The zero-order valence-corrected chi connectivity index (χ0v) is 22.1. The van der Waals surface area contributed by atoms with Crippen LogP contribution < -0.4 is 22.1 Å². The zero-order chi connectivity index (χ0) is 28.1. The molecule has 7 N–H and O–H groups in total. The van der Waals surface area contributed by atoms with Gasteiger partial charge in [0.2, 0.25) is 11.7 Å². The molecule has 1 aliphatic rings. The van der Waals surface area contributed by atoms with Gasteiger partial charge >= 0.3 is 0 Å². The van der Waals surface area contributed by atoms with E-state index in [-0.39, 0.29) is 18.2 Å². The van der Waals surface area contributed by atoms with Crippen LogP contribution in [0.2, 0.25) is 0 Å². The molecule has 5 rings (SSSR count). The summed E-state index contributed by atoms with van der Waals surface area (Å²) < 4.78 is 0. The van der Waals surface area contributed by atoms with E-state index in [0.717, 1.165) is 29.5 Å². The van der Waals surface area contributed by atoms with E-state index in [1.807, 2.05) is 36.4 Å². The number of rotatable bonds is 8. The zero-order valence-electron chi connectivity index (χ0n) is 22.1. The van der Waals surface area contributed by atoms with Crippen molar-refractivity contribution in [1.29, 1.82) is 0 Å². The van der Waals surface area contributed by atoms with Gasteiger partial charge in [0.05, 0.1) is 11.7 Å². The van der Waals surface area contributed by atoms with Crippen molar-refractivity contribution in [3.63, 3.8) is 0 Å². The highest BCUT2D eigenvalue weighted by atomic mass is 16.2. The number of aromatic nitrogens is 5. The number of amides is 2. The van der Waals surface area contributed by atoms with Crippen molar-refractivity contribution in [2.75, 3.05) is 17.2 Å². The molecule has 0 saturated heterocycles. The summed E-state index contributed by atoms with van der Waals surface area (Å²) in [4.78, 5) is 33.0. The third-order valence-electron chi connectivity index (χ3n) is 7.58. The molecule has 2 heterocycles. The largest absolute Gasteiger partial charge is 0.383 e. The number of hydrogen-bond donors (Lipinski definition) is 4. The normalized spacial score (nSPS) is 17.8. The van der Waals surface area contributed by atoms with E-state index < -0.39 is 11.9 Å². The number of carbonyl (C=O) groups excluding carboxylic acids is 2. The van der Waals surface area contributed by atoms with Crippen LogP contribution in [0.15, 0.2) is 66.9 Å². The fourth-order valence-corrected chi connectivity index (χ4v) is 5.22. The highest BCUT2D eigenvalue weighted by molar-refractivity contribution is 6.17. The molecule has 40 heavy (non-hydrogen) atoms. The number of aromatic amines is 1. The first-order valence-corrected chi connectivity index (χ1v) is 13.4. The van der Waals surface area contributed by atoms with Gasteiger partial charge in [0.15, 0.2) is 0 Å². The van der Waals surface area contributed by atoms with Crippen LogP contribution in [0.25, 0.3) is 22.5 Å². The Kier molecular flexibility index (Phi) is 8.23. The number of carbonyl (C=O) groups is 2. The Morgan fingerprint density at radius 2 is 1.68 bits per heavy atom. The van der Waals surface area contributed by atoms with E-state index in [4.69, 9.17) is 17.2 Å². The second kappa shape index (κ2) is 12.1. The molecule has 1 fully saturated rings. The summed E-state index contributed by atoms with van der Waals surface area (Å²) in [5.74, 6) is 0.338. The van der Waals surface area contributed by atoms with Crippen LogP contribution in [-0.2, 0) is 16.0 Å². The second-order valence-corrected chi connectivity index (χ2v) is 10.2. The van der Waals surface area contributed by atoms with Crippen LogP contribution in [0.4, 0.5) is 11.5 Å². The molecular weight excluding hydrogens is 506 g/mol. The average molecular weight is 540 g/mol. The third kappa shape index (κ3) is 5.90. The topological polar surface area (TPSA) is 183 Å². The van der Waals surface area contributed by atoms with E-state index in [9.17, 15) is 9.59 Å². The molecule has 11 nitrogen and oxygen atoms in total. The fraction of sp³-hybridized carbons (Fsp3) is 0.310. The molecule has 0 unspecified atom stereocenters. The van der Waals surface area contributed by atoms with Crippen molar-refractivity contribution < 1.29 is 9.59 Å². The molecule has 0 radical (unpaired) electrons. The first kappa shape index (κ1) is 27.1. The number of H-pyrrole nitrogens is 1. The van der Waals surface area contributed by atoms with Gasteiger partial charge in [-0.1, -0.05) is 24.3 Å². The number of benzene rings is 2. The maximum absolute atomic E-state index is 13.8. The Morgan fingerprint density at radius 3 is 2.30 bits per heavy atom. The molecule has 1 saturated carbocycles. The lowest BCUT2D eigenvalue weighted by molar-refractivity contribution is -0.130. The predicted molar refractivity (Wildman–Crippen MR) is 152 cm³/mol. The van der Waals surface area contributed by atoms with Gasteiger partial charge in [0.1, 0.15) is 5.82 Å². The number of nitrogen functional groups attached to an aromatic ring is 1. The summed E-state index contributed by atoms with van der Waals surface area (Å²) >= 11 is 0. The molecule has 11 heteroatoms. The lowest BCUT2D eigenvalue weighted by atomic mass is 9.81. The van der Waals surface area contributed by atoms with Crippen LogP contribution in [0, 0.1) is 11.8 Å². The molecule has 2 amide bonds. The number of imide groups is 1. The molecule has 206 valence electrons. The van der Waals surface area contributed by atoms with Gasteiger partial charge in [-0.3, -0.25) is 9.59 Å². The van der Waals surface area contributed by atoms with E-state index in [0.29, 0.717) is 48.2 Å². The molecule has 2 aromatic heterocycles. The number of nitrogens with one attached hydrogen (secondary N) is 1. The molecule has 1 aliphatic carbocycles. The molecule has 2 aromatic carbocycles. The maximum Gasteiger partial charge on any atom is 0.251 e. The predicted octanol–water partition coefficient (Wildman–Crippen LogP) is 2.71. The van der Waals surface area contributed by atoms with Crippen molar-refractivity contribution in [2.45, 2.75) is 38.1 Å². The summed E-state index contributed by atoms with van der Waals surface area (Å²) in [6.45, 7) is 0.609. The number of nitrogens with zero attached hydrogens (tertiary/aromatic N) is 5. The summed E-state index contributed by atoms with van der Waals surface area (Å²) in [5.41, 5.74) is 22.1. The highest BCUT2D eigenvalue weighted by Gasteiger charge is 2.35. The molecule has 1 atom stereocenters. The van der Waals surface area contributed by atoms with Crippen LogP contribution >= 0.6 is 0 Å². The number of anilines is 2. The fourth-order valence-electron chi connectivity index (χ4n) is 5.22. The standard InChI is InChI=1S/C29H33N9O2/c30-17-19-5-9-22(10-6-19)28(39)38(23-13-11-21(12-14-23)27-34-36-37-35-27)29(40)25(31)16-18-3-7-20(8-4-18)24-2-1-15-33-26(24)32/h1-4,7-8,11-15,19,22,25H,5-6,9-10,16-17,30-31H2,(H2,32,33)(H,34,35,36,37)/t19?,22?,25-/m0/s1. The van der Waals surface area contributed by atoms with Gasteiger partial charge in [0.25, 0.3) is 5.91 Å². The Bertz CT molecular complexity index is 1430. The summed E-state index contributed by atoms with van der Waals surface area (Å²) in [5, 5.41) is 14.0. The Morgan fingerprint density at radius 1 is 0.975 bits per heavy atom. The van der Waals surface area contributed by atoms with Crippen molar-refractivity contribution in [3.8, 4) is 22.5 Å². The maximum atomic E-state index is 13.8. The van der Waals surface area contributed by atoms with Crippen LogP contribution in [0.1, 0.15) is 31.2 Å². The number of hydrogen-bond acceptors (Lipinski definition) is 9. The molecular formula is C29H33N9O2. The van der Waals surface area contributed by atoms with Crippen LogP contribution in [0.3, 0.4) is 0 Å². The smallest absolute Gasteiger partial charge is 0.251 e. The molecule has 4 aromatic rings. The molecule has 0 aliphatic heterocycles. The Balaban J connectivity index is 1.36. The number of pyridine rings is 1. The van der Waals surface area contributed by atoms with Crippen molar-refractivity contribution >= 4 is 23.3 Å². The van der Waals surface area contributed by atoms with Gasteiger partial charge in [-0.25, -0.2) is 9.88 Å². The monoisotopic (exact) mass is 539 g/mol. The lowest BCUT2D eigenvalue weighted by Gasteiger charge is -2.32. The summed E-state index contributed by atoms with van der Waals surface area (Å²) in [6.07, 6.45) is 5.04. The van der Waals surface area contributed by atoms with Gasteiger partial charge in [0, 0.05) is 23.2 Å². The first-order valence-electron chi connectivity index (χ1n) is 13.4. The first-order chi connectivity index (χ1) is 19.4. The van der Waals surface area contributed by atoms with Gasteiger partial charge < -0.3 is 17.2 Å². The quantitative estimate of drug-likeness (QED) is 0.261. The van der Waals surface area contributed by atoms with Crippen LogP contribution in [0.5, 0.6) is 0 Å². The van der Waals surface area contributed by atoms with Gasteiger partial charge in [-0.05, 0) is 97.3 Å². The van der Waals surface area contributed by atoms with E-state index in [1.165, 1.54) is 4.90 Å². The van der Waals surface area contributed by atoms with Crippen molar-refractivity contribution in [3.05, 3.63) is 72.4 Å². The van der Waals surface area contributed by atoms with Gasteiger partial charge in [-0.2, -0.15) is 5.21 Å². The van der Waals surface area contributed by atoms with Gasteiger partial charge in [-0.15, -0.1) is 10.2 Å². The second-order valence-electron chi connectivity index (χ2n) is 10.2. The minimum atomic E-state index is -0.921. The minimum Gasteiger partial charge on any atom is -0.383 e. The van der Waals surface area contributed by atoms with E-state index in [2.05, 4.69) is 25.6 Å². The number of nitrogens with two attached hydrogens (primary N) is 3. The SMILES string of the molecule is NCC1CCC(C(=O)N(C(=O)[C@@H](N)Cc2ccc(-c3cccnc3N)cc2)c2ccc(-c3nn[nH]n3)cc2)CC1. The minimum absolute atomic E-state index is 0.231. The number of tetrazole rings is 1. The highest BCUT2D eigenvalue weighted by Crippen LogP contribution is 2.32. The molecule has 0 bridgehead atoms. The Hall–Kier alpha value is -4.48. The molecule has 0 spiro atoms. The summed E-state index contributed by atoms with van der Waals surface area (Å²) in [6, 6.07) is 17.4.